The maximum Gasteiger partial charge on any atom is 0.123 e. The highest BCUT2D eigenvalue weighted by Gasteiger charge is 2.23. The number of likely N-dealkylation sites (N-methyl/N-ethyl adjacent to an activating group) is 1. The summed E-state index contributed by atoms with van der Waals surface area (Å²) in [5.41, 5.74) is 2.10. The maximum atomic E-state index is 13.4. The van der Waals surface area contributed by atoms with E-state index in [2.05, 4.69) is 19.2 Å². The first kappa shape index (κ1) is 15.1. The third-order valence-corrected chi connectivity index (χ3v) is 3.16. The molecule has 2 unspecified atom stereocenters. The summed E-state index contributed by atoms with van der Waals surface area (Å²) in [6, 6.07) is 5.00. The van der Waals surface area contributed by atoms with Crippen molar-refractivity contribution in [2.75, 3.05) is 13.2 Å². The number of halogens is 1. The standard InChI is InChI=1S/C15H24FNO/c1-5-14(18-7-3)15(17-6-2)13-10-12(16)9-8-11(13)4/h8-10,14-15,17H,5-7H2,1-4H3. The van der Waals surface area contributed by atoms with Crippen LogP contribution in [0.25, 0.3) is 0 Å². The van der Waals surface area contributed by atoms with Crippen molar-refractivity contribution in [1.82, 2.24) is 5.32 Å². The van der Waals surface area contributed by atoms with Crippen molar-refractivity contribution in [3.05, 3.63) is 35.1 Å². The lowest BCUT2D eigenvalue weighted by Gasteiger charge is -2.28. The number of aryl methyl sites for hydroxylation is 1. The number of rotatable bonds is 7. The fourth-order valence-electron chi connectivity index (χ4n) is 2.27. The van der Waals surface area contributed by atoms with E-state index in [-0.39, 0.29) is 18.0 Å². The van der Waals surface area contributed by atoms with Gasteiger partial charge in [0, 0.05) is 6.61 Å². The molecule has 0 aromatic heterocycles. The molecule has 0 fully saturated rings. The first-order valence-corrected chi connectivity index (χ1v) is 6.75. The second-order valence-corrected chi connectivity index (χ2v) is 4.44. The number of ether oxygens (including phenoxy) is 1. The summed E-state index contributed by atoms with van der Waals surface area (Å²) in [7, 11) is 0. The largest absolute Gasteiger partial charge is 0.377 e. The quantitative estimate of drug-likeness (QED) is 0.801. The van der Waals surface area contributed by atoms with Gasteiger partial charge >= 0.3 is 0 Å². The molecular weight excluding hydrogens is 229 g/mol. The molecule has 2 atom stereocenters. The van der Waals surface area contributed by atoms with Gasteiger partial charge in [-0.2, -0.15) is 0 Å². The van der Waals surface area contributed by atoms with Crippen LogP contribution in [0.2, 0.25) is 0 Å². The minimum absolute atomic E-state index is 0.0515. The zero-order valence-corrected chi connectivity index (χ0v) is 11.8. The number of hydrogen-bond donors (Lipinski definition) is 1. The van der Waals surface area contributed by atoms with Crippen molar-refractivity contribution in [2.24, 2.45) is 0 Å². The van der Waals surface area contributed by atoms with Crippen LogP contribution in [0.4, 0.5) is 4.39 Å². The molecule has 0 radical (unpaired) electrons. The minimum atomic E-state index is -0.190. The summed E-state index contributed by atoms with van der Waals surface area (Å²) in [6.07, 6.45) is 0.983. The van der Waals surface area contributed by atoms with Crippen LogP contribution >= 0.6 is 0 Å². The second kappa shape index (κ2) is 7.49. The van der Waals surface area contributed by atoms with Crippen LogP contribution in [0.5, 0.6) is 0 Å². The van der Waals surface area contributed by atoms with Gasteiger partial charge in [-0.05, 0) is 50.1 Å². The molecular formula is C15H24FNO. The van der Waals surface area contributed by atoms with Gasteiger partial charge in [-0.3, -0.25) is 0 Å². The van der Waals surface area contributed by atoms with Crippen molar-refractivity contribution >= 4 is 0 Å². The van der Waals surface area contributed by atoms with Crippen molar-refractivity contribution in [1.29, 1.82) is 0 Å². The molecule has 0 saturated carbocycles. The molecule has 3 heteroatoms. The maximum absolute atomic E-state index is 13.4. The van der Waals surface area contributed by atoms with Crippen LogP contribution in [0.1, 0.15) is 44.4 Å². The second-order valence-electron chi connectivity index (χ2n) is 4.44. The topological polar surface area (TPSA) is 21.3 Å². The van der Waals surface area contributed by atoms with E-state index in [1.54, 1.807) is 6.07 Å². The zero-order chi connectivity index (χ0) is 13.5. The van der Waals surface area contributed by atoms with Crippen LogP contribution in [0.3, 0.4) is 0 Å². The van der Waals surface area contributed by atoms with Crippen molar-refractivity contribution < 1.29 is 9.13 Å². The highest BCUT2D eigenvalue weighted by molar-refractivity contribution is 5.30. The van der Waals surface area contributed by atoms with Crippen LogP contribution in [-0.2, 0) is 4.74 Å². The minimum Gasteiger partial charge on any atom is -0.377 e. The lowest BCUT2D eigenvalue weighted by atomic mass is 9.95. The Bertz CT molecular complexity index is 368. The molecule has 0 aliphatic heterocycles. The van der Waals surface area contributed by atoms with Gasteiger partial charge in [-0.15, -0.1) is 0 Å². The summed E-state index contributed by atoms with van der Waals surface area (Å²) in [5, 5.41) is 3.41. The van der Waals surface area contributed by atoms with E-state index in [9.17, 15) is 4.39 Å². The van der Waals surface area contributed by atoms with Gasteiger partial charge in [0.1, 0.15) is 5.82 Å². The number of hydrogen-bond acceptors (Lipinski definition) is 2. The normalized spacial score (nSPS) is 14.5. The van der Waals surface area contributed by atoms with E-state index in [1.165, 1.54) is 6.07 Å². The van der Waals surface area contributed by atoms with Gasteiger partial charge in [0.05, 0.1) is 12.1 Å². The molecule has 1 N–H and O–H groups in total. The first-order valence-electron chi connectivity index (χ1n) is 6.75. The molecule has 1 aromatic rings. The summed E-state index contributed by atoms with van der Waals surface area (Å²) >= 11 is 0. The Morgan fingerprint density at radius 3 is 2.56 bits per heavy atom. The van der Waals surface area contributed by atoms with Crippen LogP contribution < -0.4 is 5.32 Å². The van der Waals surface area contributed by atoms with E-state index in [4.69, 9.17) is 4.74 Å². The molecule has 102 valence electrons. The predicted octanol–water partition coefficient (Wildman–Crippen LogP) is 3.60. The summed E-state index contributed by atoms with van der Waals surface area (Å²) in [6.45, 7) is 9.67. The van der Waals surface area contributed by atoms with Crippen molar-refractivity contribution in [3.63, 3.8) is 0 Å². The third kappa shape index (κ3) is 3.79. The molecule has 18 heavy (non-hydrogen) atoms. The van der Waals surface area contributed by atoms with Crippen molar-refractivity contribution in [3.8, 4) is 0 Å². The van der Waals surface area contributed by atoms with E-state index >= 15 is 0 Å². The Hall–Kier alpha value is -0.930. The van der Waals surface area contributed by atoms with E-state index < -0.39 is 0 Å². The van der Waals surface area contributed by atoms with Crippen LogP contribution in [0, 0.1) is 12.7 Å². The summed E-state index contributed by atoms with van der Waals surface area (Å²) in [4.78, 5) is 0. The number of benzene rings is 1. The lowest BCUT2D eigenvalue weighted by molar-refractivity contribution is 0.0316. The molecule has 1 aromatic carbocycles. The molecule has 2 nitrogen and oxygen atoms in total. The molecule has 1 rings (SSSR count). The Kier molecular flexibility index (Phi) is 6.30. The van der Waals surface area contributed by atoms with Crippen LogP contribution in [-0.4, -0.2) is 19.3 Å². The molecule has 0 spiro atoms. The van der Waals surface area contributed by atoms with Gasteiger partial charge in [-0.25, -0.2) is 4.39 Å². The summed E-state index contributed by atoms with van der Waals surface area (Å²) < 4.78 is 19.2. The fourth-order valence-corrected chi connectivity index (χ4v) is 2.27. The Morgan fingerprint density at radius 2 is 2.00 bits per heavy atom. The van der Waals surface area contributed by atoms with E-state index in [0.717, 1.165) is 24.1 Å². The van der Waals surface area contributed by atoms with Crippen molar-refractivity contribution in [2.45, 2.75) is 46.3 Å². The van der Waals surface area contributed by atoms with Gasteiger partial charge in [-0.1, -0.05) is 19.9 Å². The molecule has 0 aliphatic rings. The molecule has 0 heterocycles. The average molecular weight is 253 g/mol. The average Bonchev–Trinajstić information content (AvgIpc) is 2.37. The van der Waals surface area contributed by atoms with E-state index in [0.29, 0.717) is 6.61 Å². The zero-order valence-electron chi connectivity index (χ0n) is 11.8. The van der Waals surface area contributed by atoms with Crippen LogP contribution in [0.15, 0.2) is 18.2 Å². The molecule has 0 saturated heterocycles. The van der Waals surface area contributed by atoms with E-state index in [1.807, 2.05) is 19.9 Å². The Balaban J connectivity index is 3.05. The predicted molar refractivity (Wildman–Crippen MR) is 73.3 cm³/mol. The highest BCUT2D eigenvalue weighted by atomic mass is 19.1. The third-order valence-electron chi connectivity index (χ3n) is 3.16. The first-order chi connectivity index (χ1) is 8.63. The lowest BCUT2D eigenvalue weighted by Crippen LogP contribution is -2.34. The fraction of sp³-hybridized carbons (Fsp3) is 0.600. The SMILES string of the molecule is CCNC(c1cc(F)ccc1C)C(CC)OCC. The van der Waals surface area contributed by atoms with Gasteiger partial charge in [0.2, 0.25) is 0 Å². The highest BCUT2D eigenvalue weighted by Crippen LogP contribution is 2.25. The van der Waals surface area contributed by atoms with Gasteiger partial charge < -0.3 is 10.1 Å². The Morgan fingerprint density at radius 1 is 1.28 bits per heavy atom. The Labute approximate surface area is 110 Å². The number of nitrogens with one attached hydrogen (secondary N) is 1. The molecule has 0 aliphatic carbocycles. The monoisotopic (exact) mass is 253 g/mol. The molecule has 0 amide bonds. The van der Waals surface area contributed by atoms with Gasteiger partial charge in [0.15, 0.2) is 0 Å². The smallest absolute Gasteiger partial charge is 0.123 e. The molecule has 0 bridgehead atoms. The summed E-state index contributed by atoms with van der Waals surface area (Å²) in [5.74, 6) is -0.190. The van der Waals surface area contributed by atoms with Gasteiger partial charge in [0.25, 0.3) is 0 Å².